The molecular formula is C15H14N10O2. The van der Waals surface area contributed by atoms with Crippen molar-refractivity contribution in [1.82, 2.24) is 34.7 Å². The Balaban J connectivity index is 1.77. The number of benzene rings is 1. The normalized spacial score (nSPS) is 10.9. The van der Waals surface area contributed by atoms with E-state index in [0.29, 0.717) is 34.1 Å². The van der Waals surface area contributed by atoms with E-state index in [2.05, 4.69) is 40.7 Å². The number of aromatic nitrogens is 7. The monoisotopic (exact) mass is 366 g/mol. The topological polar surface area (TPSA) is 152 Å². The van der Waals surface area contributed by atoms with Gasteiger partial charge in [0.15, 0.2) is 17.3 Å². The molecule has 0 radical (unpaired) electrons. The SMILES string of the molecule is CNc1nc(Nc2cc(-c3ncn(C)n3)cc([N+](=O)[O-])c2)nc2nc[nH]c12. The van der Waals surface area contributed by atoms with Crippen molar-refractivity contribution in [3.63, 3.8) is 0 Å². The molecular weight excluding hydrogens is 352 g/mol. The molecule has 3 N–H and O–H groups in total. The van der Waals surface area contributed by atoms with Crippen LogP contribution in [0.1, 0.15) is 0 Å². The molecule has 0 saturated heterocycles. The number of rotatable bonds is 5. The first kappa shape index (κ1) is 16.4. The van der Waals surface area contributed by atoms with E-state index < -0.39 is 4.92 Å². The standard InChI is InChI=1S/C15H14N10O2/c1-16-13-11-14(18-6-17-11)22-15(21-13)20-9-3-8(4-10(5-9)25(26)27)12-19-7-24(2)23-12/h3-7H,1-2H3,(H3,16,17,18,20,21,22). The minimum atomic E-state index is -0.478. The molecule has 136 valence electrons. The maximum atomic E-state index is 11.3. The van der Waals surface area contributed by atoms with Crippen LogP contribution < -0.4 is 10.6 Å². The number of nitro groups is 1. The van der Waals surface area contributed by atoms with Crippen LogP contribution in [-0.2, 0) is 7.05 Å². The number of nitrogens with zero attached hydrogens (tertiary/aromatic N) is 7. The first-order valence-electron chi connectivity index (χ1n) is 7.85. The number of aromatic amines is 1. The summed E-state index contributed by atoms with van der Waals surface area (Å²) in [6.45, 7) is 0. The predicted molar refractivity (Wildman–Crippen MR) is 97.6 cm³/mol. The van der Waals surface area contributed by atoms with Crippen molar-refractivity contribution in [1.29, 1.82) is 0 Å². The van der Waals surface area contributed by atoms with Gasteiger partial charge < -0.3 is 15.6 Å². The highest BCUT2D eigenvalue weighted by Gasteiger charge is 2.15. The van der Waals surface area contributed by atoms with Crippen LogP contribution >= 0.6 is 0 Å². The molecule has 0 saturated carbocycles. The number of nitro benzene ring substituents is 1. The Morgan fingerprint density at radius 3 is 2.78 bits per heavy atom. The van der Waals surface area contributed by atoms with Gasteiger partial charge in [0.05, 0.1) is 11.3 Å². The number of H-pyrrole nitrogens is 1. The first-order valence-corrected chi connectivity index (χ1v) is 7.85. The second kappa shape index (κ2) is 6.33. The molecule has 0 aliphatic heterocycles. The fourth-order valence-electron chi connectivity index (χ4n) is 2.59. The minimum absolute atomic E-state index is 0.0999. The average Bonchev–Trinajstić information content (AvgIpc) is 3.29. The Morgan fingerprint density at radius 1 is 1.22 bits per heavy atom. The molecule has 0 aliphatic rings. The lowest BCUT2D eigenvalue weighted by atomic mass is 10.1. The zero-order valence-electron chi connectivity index (χ0n) is 14.3. The molecule has 3 heterocycles. The van der Waals surface area contributed by atoms with Crippen LogP contribution in [0.4, 0.5) is 23.1 Å². The number of imidazole rings is 1. The molecule has 0 spiro atoms. The van der Waals surface area contributed by atoms with Gasteiger partial charge >= 0.3 is 0 Å². The van der Waals surface area contributed by atoms with E-state index in [1.54, 1.807) is 20.2 Å². The van der Waals surface area contributed by atoms with E-state index in [9.17, 15) is 10.1 Å². The molecule has 0 bridgehead atoms. The zero-order valence-corrected chi connectivity index (χ0v) is 14.3. The Hall–Kier alpha value is -4.09. The van der Waals surface area contributed by atoms with Gasteiger partial charge in [-0.2, -0.15) is 15.1 Å². The van der Waals surface area contributed by atoms with Gasteiger partial charge in [-0.05, 0) is 6.07 Å². The van der Waals surface area contributed by atoms with Gasteiger partial charge in [-0.3, -0.25) is 14.8 Å². The summed E-state index contributed by atoms with van der Waals surface area (Å²) in [7, 11) is 3.45. The summed E-state index contributed by atoms with van der Waals surface area (Å²) in [6.07, 6.45) is 3.04. The molecule has 4 rings (SSSR count). The fraction of sp³-hybridized carbons (Fsp3) is 0.133. The van der Waals surface area contributed by atoms with E-state index in [4.69, 9.17) is 0 Å². The van der Waals surface area contributed by atoms with Crippen molar-refractivity contribution in [2.75, 3.05) is 17.7 Å². The summed E-state index contributed by atoms with van der Waals surface area (Å²) in [4.78, 5) is 30.7. The maximum Gasteiger partial charge on any atom is 0.272 e. The largest absolute Gasteiger partial charge is 0.371 e. The third kappa shape index (κ3) is 3.10. The fourth-order valence-corrected chi connectivity index (χ4v) is 2.59. The van der Waals surface area contributed by atoms with Crippen molar-refractivity contribution >= 4 is 34.3 Å². The molecule has 1 aromatic carbocycles. The summed E-state index contributed by atoms with van der Waals surface area (Å²) in [5.41, 5.74) is 1.97. The number of aryl methyl sites for hydroxylation is 1. The van der Waals surface area contributed by atoms with Crippen LogP contribution in [0.5, 0.6) is 0 Å². The average molecular weight is 366 g/mol. The Bertz CT molecular complexity index is 1150. The van der Waals surface area contributed by atoms with Gasteiger partial charge in [0, 0.05) is 37.5 Å². The van der Waals surface area contributed by atoms with Crippen LogP contribution in [0.3, 0.4) is 0 Å². The Morgan fingerprint density at radius 2 is 2.07 bits per heavy atom. The molecule has 0 unspecified atom stereocenters. The van der Waals surface area contributed by atoms with E-state index in [1.807, 2.05) is 0 Å². The van der Waals surface area contributed by atoms with Crippen molar-refractivity contribution in [2.24, 2.45) is 7.05 Å². The number of fused-ring (bicyclic) bond motifs is 1. The van der Waals surface area contributed by atoms with Crippen LogP contribution in [-0.4, -0.2) is 46.7 Å². The highest BCUT2D eigenvalue weighted by molar-refractivity contribution is 5.84. The molecule has 12 heteroatoms. The van der Waals surface area contributed by atoms with E-state index in [-0.39, 0.29) is 11.6 Å². The van der Waals surface area contributed by atoms with Gasteiger partial charge in [0.1, 0.15) is 11.8 Å². The van der Waals surface area contributed by atoms with E-state index >= 15 is 0 Å². The second-order valence-electron chi connectivity index (χ2n) is 5.64. The molecule has 4 aromatic rings. The lowest BCUT2D eigenvalue weighted by molar-refractivity contribution is -0.384. The summed E-state index contributed by atoms with van der Waals surface area (Å²) in [6, 6.07) is 4.50. The molecule has 12 nitrogen and oxygen atoms in total. The van der Waals surface area contributed by atoms with Gasteiger partial charge in [-0.15, -0.1) is 0 Å². The number of hydrogen-bond donors (Lipinski definition) is 3. The van der Waals surface area contributed by atoms with Crippen molar-refractivity contribution < 1.29 is 4.92 Å². The molecule has 0 fully saturated rings. The zero-order chi connectivity index (χ0) is 19.0. The highest BCUT2D eigenvalue weighted by atomic mass is 16.6. The molecule has 3 aromatic heterocycles. The second-order valence-corrected chi connectivity index (χ2v) is 5.64. The third-order valence-corrected chi connectivity index (χ3v) is 3.76. The van der Waals surface area contributed by atoms with Crippen molar-refractivity contribution in [3.8, 4) is 11.4 Å². The summed E-state index contributed by atoms with van der Waals surface area (Å²) >= 11 is 0. The Labute approximate surface area is 151 Å². The van der Waals surface area contributed by atoms with E-state index in [0.717, 1.165) is 0 Å². The maximum absolute atomic E-state index is 11.3. The number of nitrogens with one attached hydrogen (secondary N) is 3. The molecule has 0 aliphatic carbocycles. The van der Waals surface area contributed by atoms with Crippen LogP contribution in [0.2, 0.25) is 0 Å². The van der Waals surface area contributed by atoms with Crippen LogP contribution in [0, 0.1) is 10.1 Å². The smallest absolute Gasteiger partial charge is 0.272 e. The Kier molecular flexibility index (Phi) is 3.84. The predicted octanol–water partition coefficient (Wildman–Crippen LogP) is 1.84. The summed E-state index contributed by atoms with van der Waals surface area (Å²) < 4.78 is 1.52. The lowest BCUT2D eigenvalue weighted by Gasteiger charge is -2.08. The molecule has 0 amide bonds. The van der Waals surface area contributed by atoms with Gasteiger partial charge in [0.2, 0.25) is 5.95 Å². The summed E-state index contributed by atoms with van der Waals surface area (Å²) in [5.74, 6) is 1.18. The van der Waals surface area contributed by atoms with Crippen LogP contribution in [0.25, 0.3) is 22.6 Å². The van der Waals surface area contributed by atoms with Gasteiger partial charge in [0.25, 0.3) is 5.69 Å². The van der Waals surface area contributed by atoms with Crippen LogP contribution in [0.15, 0.2) is 30.9 Å². The van der Waals surface area contributed by atoms with Crippen molar-refractivity contribution in [3.05, 3.63) is 41.0 Å². The number of non-ortho nitro benzene ring substituents is 1. The molecule has 27 heavy (non-hydrogen) atoms. The minimum Gasteiger partial charge on any atom is -0.371 e. The molecule has 0 atom stereocenters. The van der Waals surface area contributed by atoms with Crippen molar-refractivity contribution in [2.45, 2.75) is 0 Å². The highest BCUT2D eigenvalue weighted by Crippen LogP contribution is 2.28. The van der Waals surface area contributed by atoms with E-state index in [1.165, 1.54) is 29.5 Å². The van der Waals surface area contributed by atoms with Gasteiger partial charge in [-0.1, -0.05) is 0 Å². The number of anilines is 3. The van der Waals surface area contributed by atoms with Gasteiger partial charge in [-0.25, -0.2) is 9.97 Å². The first-order chi connectivity index (χ1) is 13.0. The quantitative estimate of drug-likeness (QED) is 0.355. The lowest BCUT2D eigenvalue weighted by Crippen LogP contribution is -2.02. The summed E-state index contributed by atoms with van der Waals surface area (Å²) in [5, 5.41) is 21.5. The third-order valence-electron chi connectivity index (χ3n) is 3.76. The number of hydrogen-bond acceptors (Lipinski definition) is 9.